The number of anilines is 1. The molecule has 0 saturated heterocycles. The van der Waals surface area contributed by atoms with Crippen LogP contribution in [0.15, 0.2) is 72.9 Å². The summed E-state index contributed by atoms with van der Waals surface area (Å²) in [4.78, 5) is 22.5. The van der Waals surface area contributed by atoms with E-state index in [1.54, 1.807) is 13.1 Å². The SMILES string of the molecule is CC(=O)c1c(C)[nH]c2c(N(Cc3ccccc3)Cc3ccccc3)nccc12. The molecule has 4 nitrogen and oxygen atoms in total. The molecule has 0 radical (unpaired) electrons. The minimum atomic E-state index is 0.0681. The number of rotatable bonds is 6. The van der Waals surface area contributed by atoms with Gasteiger partial charge in [0.05, 0.1) is 5.52 Å². The zero-order chi connectivity index (χ0) is 19.5. The summed E-state index contributed by atoms with van der Waals surface area (Å²) in [5.74, 6) is 0.930. The molecule has 0 amide bonds. The van der Waals surface area contributed by atoms with Crippen LogP contribution in [0.5, 0.6) is 0 Å². The Balaban J connectivity index is 1.81. The fraction of sp³-hybridized carbons (Fsp3) is 0.167. The molecule has 140 valence electrons. The molecule has 0 aliphatic rings. The number of aromatic amines is 1. The van der Waals surface area contributed by atoms with Gasteiger partial charge in [0.1, 0.15) is 0 Å². The highest BCUT2D eigenvalue weighted by Gasteiger charge is 2.19. The van der Waals surface area contributed by atoms with E-state index in [0.29, 0.717) is 0 Å². The number of Topliss-reactive ketones (excluding diaryl/α,β-unsaturated/α-hetero) is 1. The van der Waals surface area contributed by atoms with E-state index in [9.17, 15) is 4.79 Å². The third kappa shape index (κ3) is 3.54. The van der Waals surface area contributed by atoms with E-state index in [4.69, 9.17) is 4.98 Å². The lowest BCUT2D eigenvalue weighted by Gasteiger charge is -2.24. The number of pyridine rings is 1. The maximum atomic E-state index is 12.2. The van der Waals surface area contributed by atoms with Crippen LogP contribution in [0.25, 0.3) is 10.9 Å². The average Bonchev–Trinajstić information content (AvgIpc) is 3.05. The lowest BCUT2D eigenvalue weighted by atomic mass is 10.1. The number of nitrogens with one attached hydrogen (secondary N) is 1. The van der Waals surface area contributed by atoms with Gasteiger partial charge in [-0.25, -0.2) is 4.98 Å². The topological polar surface area (TPSA) is 49.0 Å². The molecule has 2 heterocycles. The van der Waals surface area contributed by atoms with E-state index in [1.807, 2.05) is 25.1 Å². The van der Waals surface area contributed by atoms with Crippen molar-refractivity contribution in [1.82, 2.24) is 9.97 Å². The van der Waals surface area contributed by atoms with E-state index in [0.717, 1.165) is 41.1 Å². The Morgan fingerprint density at radius 3 is 2.04 bits per heavy atom. The van der Waals surface area contributed by atoms with E-state index in [2.05, 4.69) is 58.4 Å². The third-order valence-electron chi connectivity index (χ3n) is 4.97. The van der Waals surface area contributed by atoms with Gasteiger partial charge in [-0.3, -0.25) is 4.79 Å². The Morgan fingerprint density at radius 2 is 1.50 bits per heavy atom. The van der Waals surface area contributed by atoms with Crippen LogP contribution in [0.4, 0.5) is 5.82 Å². The molecule has 2 aromatic heterocycles. The van der Waals surface area contributed by atoms with Gasteiger partial charge in [0.2, 0.25) is 0 Å². The molecule has 0 aliphatic heterocycles. The van der Waals surface area contributed by atoms with Gasteiger partial charge in [-0.15, -0.1) is 0 Å². The lowest BCUT2D eigenvalue weighted by Crippen LogP contribution is -2.23. The Bertz CT molecular complexity index is 1060. The van der Waals surface area contributed by atoms with E-state index in [-0.39, 0.29) is 5.78 Å². The fourth-order valence-electron chi connectivity index (χ4n) is 3.74. The van der Waals surface area contributed by atoms with Crippen LogP contribution in [0.3, 0.4) is 0 Å². The summed E-state index contributed by atoms with van der Waals surface area (Å²) >= 11 is 0. The Labute approximate surface area is 164 Å². The fourth-order valence-corrected chi connectivity index (χ4v) is 3.74. The number of carbonyl (C=O) groups is 1. The van der Waals surface area contributed by atoms with Crippen LogP contribution < -0.4 is 4.90 Å². The molecular weight excluding hydrogens is 346 g/mol. The van der Waals surface area contributed by atoms with E-state index >= 15 is 0 Å². The highest BCUT2D eigenvalue weighted by molar-refractivity contribution is 6.10. The summed E-state index contributed by atoms with van der Waals surface area (Å²) in [6.45, 7) is 5.02. The van der Waals surface area contributed by atoms with Gasteiger partial charge in [-0.2, -0.15) is 0 Å². The van der Waals surface area contributed by atoms with Crippen molar-refractivity contribution in [1.29, 1.82) is 0 Å². The largest absolute Gasteiger partial charge is 0.355 e. The summed E-state index contributed by atoms with van der Waals surface area (Å²) < 4.78 is 0. The highest BCUT2D eigenvalue weighted by atomic mass is 16.1. The number of ketones is 1. The average molecular weight is 369 g/mol. The van der Waals surface area contributed by atoms with Crippen LogP contribution in [0.1, 0.15) is 34.1 Å². The summed E-state index contributed by atoms with van der Waals surface area (Å²) in [5, 5.41) is 0.932. The molecule has 4 rings (SSSR count). The number of fused-ring (bicyclic) bond motifs is 1. The van der Waals surface area contributed by atoms with Gasteiger partial charge in [0, 0.05) is 35.9 Å². The number of nitrogens with zero attached hydrogens (tertiary/aromatic N) is 2. The predicted octanol–water partition coefficient (Wildman–Crippen LogP) is 5.28. The number of hydrogen-bond acceptors (Lipinski definition) is 3. The third-order valence-corrected chi connectivity index (χ3v) is 4.97. The van der Waals surface area contributed by atoms with Gasteiger partial charge in [0.15, 0.2) is 11.6 Å². The van der Waals surface area contributed by atoms with Crippen molar-refractivity contribution < 1.29 is 4.79 Å². The van der Waals surface area contributed by atoms with E-state index in [1.165, 1.54) is 11.1 Å². The molecule has 2 aromatic carbocycles. The van der Waals surface area contributed by atoms with Gasteiger partial charge in [-0.1, -0.05) is 60.7 Å². The Kier molecular flexibility index (Phi) is 4.94. The molecule has 0 saturated carbocycles. The van der Waals surface area contributed by atoms with Crippen molar-refractivity contribution in [3.8, 4) is 0 Å². The van der Waals surface area contributed by atoms with Gasteiger partial charge < -0.3 is 9.88 Å². The molecule has 0 atom stereocenters. The highest BCUT2D eigenvalue weighted by Crippen LogP contribution is 2.30. The molecule has 0 spiro atoms. The first-order valence-electron chi connectivity index (χ1n) is 9.44. The second-order valence-electron chi connectivity index (χ2n) is 7.07. The lowest BCUT2D eigenvalue weighted by molar-refractivity contribution is 0.101. The number of carbonyl (C=O) groups excluding carboxylic acids is 1. The minimum absolute atomic E-state index is 0.0681. The second-order valence-corrected chi connectivity index (χ2v) is 7.07. The Hall–Kier alpha value is -3.40. The zero-order valence-corrected chi connectivity index (χ0v) is 16.1. The van der Waals surface area contributed by atoms with E-state index < -0.39 is 0 Å². The van der Waals surface area contributed by atoms with Crippen molar-refractivity contribution in [2.75, 3.05) is 4.90 Å². The summed E-state index contributed by atoms with van der Waals surface area (Å²) in [5.41, 5.74) is 4.98. The summed E-state index contributed by atoms with van der Waals surface area (Å²) in [6, 6.07) is 22.7. The molecule has 1 N–H and O–H groups in total. The van der Waals surface area contributed by atoms with Crippen molar-refractivity contribution >= 4 is 22.5 Å². The van der Waals surface area contributed by atoms with Gasteiger partial charge >= 0.3 is 0 Å². The predicted molar refractivity (Wildman–Crippen MR) is 114 cm³/mol. The van der Waals surface area contributed by atoms with Crippen molar-refractivity contribution in [2.24, 2.45) is 0 Å². The quantitative estimate of drug-likeness (QED) is 0.470. The number of hydrogen-bond donors (Lipinski definition) is 1. The molecule has 0 bridgehead atoms. The maximum absolute atomic E-state index is 12.2. The molecule has 0 fully saturated rings. The molecule has 4 heteroatoms. The molecule has 0 aliphatic carbocycles. The van der Waals surface area contributed by atoms with Crippen LogP contribution >= 0.6 is 0 Å². The number of H-pyrrole nitrogens is 1. The maximum Gasteiger partial charge on any atom is 0.162 e. The first-order valence-corrected chi connectivity index (χ1v) is 9.44. The molecule has 4 aromatic rings. The van der Waals surface area contributed by atoms with Gasteiger partial charge in [0.25, 0.3) is 0 Å². The van der Waals surface area contributed by atoms with Crippen molar-refractivity contribution in [3.63, 3.8) is 0 Å². The monoisotopic (exact) mass is 369 g/mol. The number of benzene rings is 2. The molecular formula is C24H23N3O. The molecule has 28 heavy (non-hydrogen) atoms. The number of aromatic nitrogens is 2. The summed E-state index contributed by atoms with van der Waals surface area (Å²) in [7, 11) is 0. The van der Waals surface area contributed by atoms with Crippen LogP contribution in [0.2, 0.25) is 0 Å². The second kappa shape index (κ2) is 7.69. The first kappa shape index (κ1) is 18.0. The Morgan fingerprint density at radius 1 is 0.929 bits per heavy atom. The zero-order valence-electron chi connectivity index (χ0n) is 16.1. The smallest absolute Gasteiger partial charge is 0.162 e. The van der Waals surface area contributed by atoms with Crippen molar-refractivity contribution in [2.45, 2.75) is 26.9 Å². The normalized spacial score (nSPS) is 10.9. The van der Waals surface area contributed by atoms with Crippen molar-refractivity contribution in [3.05, 3.63) is 95.3 Å². The number of aryl methyl sites for hydroxylation is 1. The van der Waals surface area contributed by atoms with Crippen LogP contribution in [0, 0.1) is 6.92 Å². The minimum Gasteiger partial charge on any atom is -0.355 e. The summed E-state index contributed by atoms with van der Waals surface area (Å²) in [6.07, 6.45) is 1.79. The van der Waals surface area contributed by atoms with Crippen LogP contribution in [-0.2, 0) is 13.1 Å². The molecule has 0 unspecified atom stereocenters. The van der Waals surface area contributed by atoms with Crippen LogP contribution in [-0.4, -0.2) is 15.8 Å². The standard InChI is InChI=1S/C24H23N3O/c1-17-22(18(2)28)21-13-14-25-24(23(21)26-17)27(15-19-9-5-3-6-10-19)16-20-11-7-4-8-12-20/h3-14,26H,15-16H2,1-2H3. The first-order chi connectivity index (χ1) is 13.6. The van der Waals surface area contributed by atoms with Gasteiger partial charge in [-0.05, 0) is 31.0 Å².